The summed E-state index contributed by atoms with van der Waals surface area (Å²) in [5.74, 6) is 1.22. The van der Waals surface area contributed by atoms with Crippen LogP contribution >= 0.6 is 0 Å². The molecule has 0 radical (unpaired) electrons. The summed E-state index contributed by atoms with van der Waals surface area (Å²) in [6.45, 7) is 5.02. The summed E-state index contributed by atoms with van der Waals surface area (Å²) in [6, 6.07) is 8.72. The zero-order valence-corrected chi connectivity index (χ0v) is 16.2. The number of rotatable bonds is 2. The standard InChI is InChI=1S/C22H28N4O/c1-14-7-3-4-8-16(14)20-18-12-23-11-15(18)13-26(20)22(27)21-17-9-5-6-10-19(17)24-25(21)2/h3-4,7-8,15,18,20,23H,5-6,9-13H2,1-2H3/t15-,18-,20-/m0/s1. The van der Waals surface area contributed by atoms with Gasteiger partial charge >= 0.3 is 0 Å². The molecule has 0 unspecified atom stereocenters. The molecule has 3 aliphatic rings. The molecular weight excluding hydrogens is 336 g/mol. The van der Waals surface area contributed by atoms with E-state index < -0.39 is 0 Å². The highest BCUT2D eigenvalue weighted by Gasteiger charge is 2.48. The van der Waals surface area contributed by atoms with Crippen LogP contribution in [0.2, 0.25) is 0 Å². The lowest BCUT2D eigenvalue weighted by Gasteiger charge is -2.30. The van der Waals surface area contributed by atoms with Crippen molar-refractivity contribution in [1.29, 1.82) is 0 Å². The van der Waals surface area contributed by atoms with Gasteiger partial charge in [0.25, 0.3) is 5.91 Å². The molecule has 2 aliphatic heterocycles. The smallest absolute Gasteiger partial charge is 0.272 e. The number of aromatic nitrogens is 2. The Kier molecular flexibility index (Phi) is 4.08. The Morgan fingerprint density at radius 2 is 2.00 bits per heavy atom. The van der Waals surface area contributed by atoms with E-state index in [0.29, 0.717) is 11.8 Å². The van der Waals surface area contributed by atoms with Gasteiger partial charge in [0.05, 0.1) is 11.7 Å². The first-order valence-corrected chi connectivity index (χ1v) is 10.3. The minimum atomic E-state index is 0.160. The molecule has 5 nitrogen and oxygen atoms in total. The molecule has 1 N–H and O–H groups in total. The highest BCUT2D eigenvalue weighted by molar-refractivity contribution is 5.95. The zero-order chi connectivity index (χ0) is 18.5. The van der Waals surface area contributed by atoms with Gasteiger partial charge in [0.2, 0.25) is 0 Å². The molecule has 2 saturated heterocycles. The number of hydrogen-bond acceptors (Lipinski definition) is 3. The molecular formula is C22H28N4O. The van der Waals surface area contributed by atoms with Crippen molar-refractivity contribution in [2.24, 2.45) is 18.9 Å². The summed E-state index contributed by atoms with van der Waals surface area (Å²) in [7, 11) is 1.94. The number of nitrogens with zero attached hydrogens (tertiary/aromatic N) is 3. The first-order valence-electron chi connectivity index (χ1n) is 10.3. The number of carbonyl (C=O) groups is 1. The number of benzene rings is 1. The molecule has 0 saturated carbocycles. The van der Waals surface area contributed by atoms with E-state index in [9.17, 15) is 4.79 Å². The Labute approximate surface area is 160 Å². The van der Waals surface area contributed by atoms with E-state index in [0.717, 1.165) is 50.3 Å². The van der Waals surface area contributed by atoms with Crippen LogP contribution in [0, 0.1) is 18.8 Å². The summed E-state index contributed by atoms with van der Waals surface area (Å²) in [5, 5.41) is 8.23. The lowest BCUT2D eigenvalue weighted by Crippen LogP contribution is -2.36. The number of amides is 1. The fourth-order valence-corrected chi connectivity index (χ4v) is 5.53. The molecule has 5 heteroatoms. The highest BCUT2D eigenvalue weighted by Crippen LogP contribution is 2.44. The van der Waals surface area contributed by atoms with Gasteiger partial charge in [0.1, 0.15) is 5.69 Å². The minimum Gasteiger partial charge on any atom is -0.330 e. The minimum absolute atomic E-state index is 0.160. The number of hydrogen-bond donors (Lipinski definition) is 1. The molecule has 1 aromatic heterocycles. The van der Waals surface area contributed by atoms with Crippen LogP contribution in [0.5, 0.6) is 0 Å². The predicted octanol–water partition coefficient (Wildman–Crippen LogP) is 2.64. The number of nitrogens with one attached hydrogen (secondary N) is 1. The molecule has 0 spiro atoms. The van der Waals surface area contributed by atoms with Crippen molar-refractivity contribution in [3.63, 3.8) is 0 Å². The first-order chi connectivity index (χ1) is 13.1. The van der Waals surface area contributed by atoms with Gasteiger partial charge in [0, 0.05) is 38.2 Å². The number of aryl methyl sites for hydroxylation is 3. The zero-order valence-electron chi connectivity index (χ0n) is 16.2. The molecule has 2 aromatic rings. The van der Waals surface area contributed by atoms with Crippen molar-refractivity contribution >= 4 is 5.91 Å². The molecule has 3 heterocycles. The van der Waals surface area contributed by atoms with E-state index in [2.05, 4.69) is 46.5 Å². The fourth-order valence-electron chi connectivity index (χ4n) is 5.53. The molecule has 5 rings (SSSR count). The fraction of sp³-hybridized carbons (Fsp3) is 0.545. The van der Waals surface area contributed by atoms with Gasteiger partial charge < -0.3 is 10.2 Å². The summed E-state index contributed by atoms with van der Waals surface area (Å²) < 4.78 is 1.85. The van der Waals surface area contributed by atoms with Crippen LogP contribution in [0.4, 0.5) is 0 Å². The van der Waals surface area contributed by atoms with Crippen LogP contribution in [0.25, 0.3) is 0 Å². The molecule has 1 aromatic carbocycles. The lowest BCUT2D eigenvalue weighted by molar-refractivity contribution is 0.0701. The molecule has 27 heavy (non-hydrogen) atoms. The van der Waals surface area contributed by atoms with Gasteiger partial charge in [-0.1, -0.05) is 24.3 Å². The van der Waals surface area contributed by atoms with E-state index in [-0.39, 0.29) is 11.9 Å². The van der Waals surface area contributed by atoms with Crippen LogP contribution < -0.4 is 5.32 Å². The van der Waals surface area contributed by atoms with Crippen LogP contribution in [0.15, 0.2) is 24.3 Å². The monoisotopic (exact) mass is 364 g/mol. The maximum Gasteiger partial charge on any atom is 0.272 e. The van der Waals surface area contributed by atoms with Crippen molar-refractivity contribution in [2.75, 3.05) is 19.6 Å². The topological polar surface area (TPSA) is 50.2 Å². The first kappa shape index (κ1) is 17.0. The van der Waals surface area contributed by atoms with E-state index in [1.165, 1.54) is 23.1 Å². The average molecular weight is 364 g/mol. The van der Waals surface area contributed by atoms with Crippen molar-refractivity contribution in [3.8, 4) is 0 Å². The van der Waals surface area contributed by atoms with Crippen molar-refractivity contribution in [2.45, 2.75) is 38.6 Å². The number of carbonyl (C=O) groups excluding carboxylic acids is 1. The molecule has 2 fully saturated rings. The molecule has 3 atom stereocenters. The van der Waals surface area contributed by atoms with E-state index in [1.54, 1.807) is 0 Å². The maximum atomic E-state index is 13.8. The second-order valence-electron chi connectivity index (χ2n) is 8.45. The van der Waals surface area contributed by atoms with Crippen LogP contribution in [0.3, 0.4) is 0 Å². The van der Waals surface area contributed by atoms with Crippen LogP contribution in [-0.2, 0) is 19.9 Å². The second-order valence-corrected chi connectivity index (χ2v) is 8.45. The third-order valence-corrected chi connectivity index (χ3v) is 6.85. The SMILES string of the molecule is Cc1ccccc1[C@H]1[C@H]2CNC[C@H]2CN1C(=O)c1c2c(nn1C)CCCC2. The number of fused-ring (bicyclic) bond motifs is 2. The van der Waals surface area contributed by atoms with Gasteiger partial charge in [-0.3, -0.25) is 9.48 Å². The van der Waals surface area contributed by atoms with Crippen LogP contribution in [-0.4, -0.2) is 40.2 Å². The van der Waals surface area contributed by atoms with Crippen molar-refractivity contribution in [1.82, 2.24) is 20.0 Å². The summed E-state index contributed by atoms with van der Waals surface area (Å²) in [6.07, 6.45) is 4.34. The van der Waals surface area contributed by atoms with Crippen molar-refractivity contribution < 1.29 is 4.79 Å². The van der Waals surface area contributed by atoms with Crippen LogP contribution in [0.1, 0.15) is 51.8 Å². The number of likely N-dealkylation sites (tertiary alicyclic amines) is 1. The molecule has 1 amide bonds. The largest absolute Gasteiger partial charge is 0.330 e. The second kappa shape index (κ2) is 6.48. The third kappa shape index (κ3) is 2.63. The highest BCUT2D eigenvalue weighted by atomic mass is 16.2. The molecule has 142 valence electrons. The Morgan fingerprint density at radius 3 is 2.85 bits per heavy atom. The summed E-state index contributed by atoms with van der Waals surface area (Å²) >= 11 is 0. The molecule has 0 bridgehead atoms. The van der Waals surface area contributed by atoms with Gasteiger partial charge in [-0.25, -0.2) is 0 Å². The Bertz CT molecular complexity index is 886. The average Bonchev–Trinajstić information content (AvgIpc) is 3.33. The van der Waals surface area contributed by atoms with E-state index in [4.69, 9.17) is 0 Å². The quantitative estimate of drug-likeness (QED) is 0.891. The van der Waals surface area contributed by atoms with Gasteiger partial charge in [0.15, 0.2) is 0 Å². The summed E-state index contributed by atoms with van der Waals surface area (Å²) in [4.78, 5) is 15.9. The lowest BCUT2D eigenvalue weighted by atomic mass is 9.87. The Balaban J connectivity index is 1.56. The van der Waals surface area contributed by atoms with Crippen molar-refractivity contribution in [3.05, 3.63) is 52.3 Å². The Hall–Kier alpha value is -2.14. The van der Waals surface area contributed by atoms with Gasteiger partial charge in [-0.05, 0) is 49.7 Å². The third-order valence-electron chi connectivity index (χ3n) is 6.85. The van der Waals surface area contributed by atoms with Gasteiger partial charge in [-0.15, -0.1) is 0 Å². The molecule has 1 aliphatic carbocycles. The Morgan fingerprint density at radius 1 is 1.19 bits per heavy atom. The summed E-state index contributed by atoms with van der Waals surface area (Å²) in [5.41, 5.74) is 5.75. The normalized spacial score (nSPS) is 26.9. The van der Waals surface area contributed by atoms with Gasteiger partial charge in [-0.2, -0.15) is 5.10 Å². The maximum absolute atomic E-state index is 13.8. The van der Waals surface area contributed by atoms with E-state index in [1.807, 2.05) is 11.7 Å². The van der Waals surface area contributed by atoms with E-state index >= 15 is 0 Å². The predicted molar refractivity (Wildman–Crippen MR) is 105 cm³/mol.